The molecule has 0 unspecified atom stereocenters. The lowest BCUT2D eigenvalue weighted by atomic mass is 10.1. The second-order valence-corrected chi connectivity index (χ2v) is 5.30. The molecule has 0 saturated heterocycles. The molecule has 0 aliphatic carbocycles. The van der Waals surface area contributed by atoms with Crippen LogP contribution in [0.4, 0.5) is 5.82 Å². The summed E-state index contributed by atoms with van der Waals surface area (Å²) in [5, 5.41) is 4.13. The molecule has 0 aliphatic rings. The first-order valence-electron chi connectivity index (χ1n) is 7.65. The molecule has 3 rings (SSSR count). The number of rotatable bonds is 6. The van der Waals surface area contributed by atoms with Crippen molar-refractivity contribution in [3.63, 3.8) is 0 Å². The Morgan fingerprint density at radius 1 is 1.08 bits per heavy atom. The molecular formula is C18H19N3O3. The van der Waals surface area contributed by atoms with E-state index in [0.717, 1.165) is 22.9 Å². The Labute approximate surface area is 139 Å². The highest BCUT2D eigenvalue weighted by atomic mass is 16.5. The highest BCUT2D eigenvalue weighted by molar-refractivity contribution is 5.88. The molecule has 1 heterocycles. The van der Waals surface area contributed by atoms with Crippen LogP contribution in [0.5, 0.6) is 11.5 Å². The quantitative estimate of drug-likeness (QED) is 0.728. The Morgan fingerprint density at radius 3 is 2.67 bits per heavy atom. The molecule has 6 nitrogen and oxygen atoms in total. The second kappa shape index (κ2) is 7.04. The summed E-state index contributed by atoms with van der Waals surface area (Å²) in [6.07, 6.45) is 0.767. The third-order valence-corrected chi connectivity index (χ3v) is 3.79. The predicted octanol–water partition coefficient (Wildman–Crippen LogP) is 2.59. The number of hydrogen-bond acceptors (Lipinski definition) is 5. The number of hydrogen-bond donors (Lipinski definition) is 2. The SMILES string of the molecule is COc1ccc(CCNc2nc(=O)[nH]c3ccccc23)cc1OC. The van der Waals surface area contributed by atoms with Crippen LogP contribution in [-0.4, -0.2) is 30.7 Å². The highest BCUT2D eigenvalue weighted by Gasteiger charge is 2.06. The lowest BCUT2D eigenvalue weighted by Gasteiger charge is -2.11. The van der Waals surface area contributed by atoms with E-state index in [9.17, 15) is 4.79 Å². The van der Waals surface area contributed by atoms with Gasteiger partial charge in [0.25, 0.3) is 0 Å². The monoisotopic (exact) mass is 325 g/mol. The molecule has 0 atom stereocenters. The van der Waals surface area contributed by atoms with Crippen molar-refractivity contribution >= 4 is 16.7 Å². The van der Waals surface area contributed by atoms with Gasteiger partial charge in [-0.25, -0.2) is 4.79 Å². The first kappa shape index (κ1) is 15.9. The number of anilines is 1. The van der Waals surface area contributed by atoms with Gasteiger partial charge in [-0.1, -0.05) is 18.2 Å². The van der Waals surface area contributed by atoms with Crippen molar-refractivity contribution in [2.45, 2.75) is 6.42 Å². The molecule has 124 valence electrons. The number of nitrogens with zero attached hydrogens (tertiary/aromatic N) is 1. The summed E-state index contributed by atoms with van der Waals surface area (Å²) >= 11 is 0. The van der Waals surface area contributed by atoms with Crippen LogP contribution < -0.4 is 20.5 Å². The number of para-hydroxylation sites is 1. The summed E-state index contributed by atoms with van der Waals surface area (Å²) in [6, 6.07) is 13.4. The van der Waals surface area contributed by atoms with E-state index in [0.29, 0.717) is 23.9 Å². The van der Waals surface area contributed by atoms with Gasteiger partial charge < -0.3 is 19.8 Å². The Kier molecular flexibility index (Phi) is 4.65. The molecule has 24 heavy (non-hydrogen) atoms. The van der Waals surface area contributed by atoms with Crippen molar-refractivity contribution in [2.75, 3.05) is 26.1 Å². The van der Waals surface area contributed by atoms with Crippen LogP contribution in [0.3, 0.4) is 0 Å². The third-order valence-electron chi connectivity index (χ3n) is 3.79. The second-order valence-electron chi connectivity index (χ2n) is 5.30. The summed E-state index contributed by atoms with van der Waals surface area (Å²) in [4.78, 5) is 18.4. The van der Waals surface area contributed by atoms with Gasteiger partial charge in [-0.2, -0.15) is 4.98 Å². The molecule has 0 amide bonds. The fraction of sp³-hybridized carbons (Fsp3) is 0.222. The minimum absolute atomic E-state index is 0.359. The number of methoxy groups -OCH3 is 2. The van der Waals surface area contributed by atoms with E-state index in [1.165, 1.54) is 0 Å². The smallest absolute Gasteiger partial charge is 0.347 e. The lowest BCUT2D eigenvalue weighted by Crippen LogP contribution is -2.15. The van der Waals surface area contributed by atoms with E-state index in [-0.39, 0.29) is 5.69 Å². The molecule has 0 spiro atoms. The van der Waals surface area contributed by atoms with E-state index in [4.69, 9.17) is 9.47 Å². The van der Waals surface area contributed by atoms with Crippen LogP contribution in [0.1, 0.15) is 5.56 Å². The normalized spacial score (nSPS) is 10.6. The van der Waals surface area contributed by atoms with Crippen LogP contribution in [0.15, 0.2) is 47.3 Å². The molecule has 2 aromatic carbocycles. The van der Waals surface area contributed by atoms with Crippen molar-refractivity contribution in [2.24, 2.45) is 0 Å². The maximum Gasteiger partial charge on any atom is 0.347 e. The van der Waals surface area contributed by atoms with Gasteiger partial charge in [0.2, 0.25) is 0 Å². The number of aromatic amines is 1. The van der Waals surface area contributed by atoms with Crippen molar-refractivity contribution in [1.82, 2.24) is 9.97 Å². The average molecular weight is 325 g/mol. The summed E-state index contributed by atoms with van der Waals surface area (Å²) in [6.45, 7) is 0.649. The summed E-state index contributed by atoms with van der Waals surface area (Å²) in [5.41, 5.74) is 1.52. The van der Waals surface area contributed by atoms with Crippen molar-refractivity contribution < 1.29 is 9.47 Å². The molecule has 1 aromatic heterocycles. The van der Waals surface area contributed by atoms with Crippen LogP contribution in [-0.2, 0) is 6.42 Å². The molecule has 2 N–H and O–H groups in total. The number of nitrogens with one attached hydrogen (secondary N) is 2. The number of fused-ring (bicyclic) bond motifs is 1. The topological polar surface area (TPSA) is 76.2 Å². The molecule has 0 radical (unpaired) electrons. The Bertz CT molecular complexity index is 905. The zero-order chi connectivity index (χ0) is 16.9. The average Bonchev–Trinajstić information content (AvgIpc) is 2.61. The molecule has 0 aliphatic heterocycles. The van der Waals surface area contributed by atoms with Crippen molar-refractivity contribution in [1.29, 1.82) is 0 Å². The fourth-order valence-corrected chi connectivity index (χ4v) is 2.60. The molecule has 0 bridgehead atoms. The summed E-state index contributed by atoms with van der Waals surface area (Å²) < 4.78 is 10.5. The van der Waals surface area contributed by atoms with Gasteiger partial charge in [0.05, 0.1) is 19.7 Å². The molecule has 0 saturated carbocycles. The molecular weight excluding hydrogens is 306 g/mol. The number of aromatic nitrogens is 2. The standard InChI is InChI=1S/C18H19N3O3/c1-23-15-8-7-12(11-16(15)24-2)9-10-19-17-13-5-3-4-6-14(13)20-18(22)21-17/h3-8,11H,9-10H2,1-2H3,(H2,19,20,21,22). The van der Waals surface area contributed by atoms with E-state index < -0.39 is 0 Å². The zero-order valence-corrected chi connectivity index (χ0v) is 13.6. The Hall–Kier alpha value is -3.02. The van der Waals surface area contributed by atoms with Crippen LogP contribution in [0, 0.1) is 0 Å². The third kappa shape index (κ3) is 3.32. The van der Waals surface area contributed by atoms with Gasteiger partial charge in [-0.05, 0) is 36.2 Å². The van der Waals surface area contributed by atoms with E-state index in [1.807, 2.05) is 42.5 Å². The number of benzene rings is 2. The lowest BCUT2D eigenvalue weighted by molar-refractivity contribution is 0.354. The van der Waals surface area contributed by atoms with Crippen LogP contribution in [0.2, 0.25) is 0 Å². The zero-order valence-electron chi connectivity index (χ0n) is 13.6. The van der Waals surface area contributed by atoms with E-state index >= 15 is 0 Å². The fourth-order valence-electron chi connectivity index (χ4n) is 2.60. The van der Waals surface area contributed by atoms with Crippen molar-refractivity contribution in [3.05, 3.63) is 58.5 Å². The van der Waals surface area contributed by atoms with Gasteiger partial charge in [0.1, 0.15) is 5.82 Å². The number of H-pyrrole nitrogens is 1. The largest absolute Gasteiger partial charge is 0.493 e. The highest BCUT2D eigenvalue weighted by Crippen LogP contribution is 2.27. The van der Waals surface area contributed by atoms with E-state index in [2.05, 4.69) is 15.3 Å². The minimum Gasteiger partial charge on any atom is -0.493 e. The Balaban J connectivity index is 1.74. The summed E-state index contributed by atoms with van der Waals surface area (Å²) in [5.74, 6) is 2.00. The van der Waals surface area contributed by atoms with Crippen molar-refractivity contribution in [3.8, 4) is 11.5 Å². The van der Waals surface area contributed by atoms with Gasteiger partial charge >= 0.3 is 5.69 Å². The van der Waals surface area contributed by atoms with Gasteiger partial charge in [0, 0.05) is 11.9 Å². The Morgan fingerprint density at radius 2 is 1.88 bits per heavy atom. The molecule has 0 fully saturated rings. The minimum atomic E-state index is -0.359. The van der Waals surface area contributed by atoms with Gasteiger partial charge in [-0.15, -0.1) is 0 Å². The first-order chi connectivity index (χ1) is 11.7. The number of ether oxygens (including phenoxy) is 2. The van der Waals surface area contributed by atoms with Gasteiger partial charge in [-0.3, -0.25) is 0 Å². The molecule has 3 aromatic rings. The van der Waals surface area contributed by atoms with Crippen LogP contribution in [0.25, 0.3) is 10.9 Å². The maximum atomic E-state index is 11.7. The van der Waals surface area contributed by atoms with Gasteiger partial charge in [0.15, 0.2) is 11.5 Å². The van der Waals surface area contributed by atoms with E-state index in [1.54, 1.807) is 14.2 Å². The summed E-state index contributed by atoms with van der Waals surface area (Å²) in [7, 11) is 3.23. The molecule has 6 heteroatoms. The predicted molar refractivity (Wildman–Crippen MR) is 94.1 cm³/mol. The maximum absolute atomic E-state index is 11.7. The first-order valence-corrected chi connectivity index (χ1v) is 7.65. The van der Waals surface area contributed by atoms with Crippen LogP contribution >= 0.6 is 0 Å².